The largest absolute Gasteiger partial charge is 0.324 e. The first-order valence-electron chi connectivity index (χ1n) is 8.24. The van der Waals surface area contributed by atoms with Gasteiger partial charge in [-0.3, -0.25) is 4.79 Å². The maximum Gasteiger partial charge on any atom is 0.282 e. The zero-order chi connectivity index (χ0) is 16.8. The van der Waals surface area contributed by atoms with Gasteiger partial charge < -0.3 is 10.2 Å². The van der Waals surface area contributed by atoms with E-state index < -0.39 is 0 Å². The van der Waals surface area contributed by atoms with Crippen LogP contribution in [0.4, 0.5) is 5.69 Å². The lowest BCUT2D eigenvalue weighted by molar-refractivity contribution is -0.907. The average Bonchev–Trinajstić information content (AvgIpc) is 2.55. The van der Waals surface area contributed by atoms with Gasteiger partial charge in [0, 0.05) is 11.3 Å². The highest BCUT2D eigenvalue weighted by Gasteiger charge is 2.21. The van der Waals surface area contributed by atoms with Crippen molar-refractivity contribution in [2.75, 3.05) is 12.4 Å². The van der Waals surface area contributed by atoms with Gasteiger partial charge in [0.15, 0.2) is 6.04 Å². The molecule has 3 heteroatoms. The highest BCUT2D eigenvalue weighted by atomic mass is 16.2. The molecule has 122 valence electrons. The molecule has 2 N–H and O–H groups in total. The van der Waals surface area contributed by atoms with Gasteiger partial charge in [-0.05, 0) is 30.5 Å². The van der Waals surface area contributed by atoms with E-state index in [0.717, 1.165) is 12.2 Å². The van der Waals surface area contributed by atoms with Crippen LogP contribution < -0.4 is 10.2 Å². The van der Waals surface area contributed by atoms with Crippen molar-refractivity contribution in [2.45, 2.75) is 39.3 Å². The van der Waals surface area contributed by atoms with E-state index in [1.54, 1.807) is 0 Å². The van der Waals surface area contributed by atoms with E-state index in [1.807, 2.05) is 37.3 Å². The quantitative estimate of drug-likeness (QED) is 0.845. The van der Waals surface area contributed by atoms with Gasteiger partial charge in [0.1, 0.15) is 6.54 Å². The Labute approximate surface area is 139 Å². The number of rotatable bonds is 6. The normalized spacial score (nSPS) is 13.6. The van der Waals surface area contributed by atoms with Crippen molar-refractivity contribution in [3.8, 4) is 0 Å². The van der Waals surface area contributed by atoms with E-state index in [9.17, 15) is 4.79 Å². The second-order valence-electron chi connectivity index (χ2n) is 6.50. The fraction of sp³-hybridized carbons (Fsp3) is 0.350. The topological polar surface area (TPSA) is 33.5 Å². The number of carbonyl (C=O) groups is 1. The standard InChI is InChI=1S/C20H26N2O/c1-15(2)18-10-12-19(13-11-18)21-20(23)16(3)22(4)14-17-8-6-5-7-9-17/h5-13,15-16H,14H2,1-4H3,(H,21,23)/p+1/t16-/m0/s1. The number of carbonyl (C=O) groups excluding carboxylic acids is 1. The molecular weight excluding hydrogens is 284 g/mol. The predicted molar refractivity (Wildman–Crippen MR) is 95.7 cm³/mol. The summed E-state index contributed by atoms with van der Waals surface area (Å²) in [6, 6.07) is 18.3. The summed E-state index contributed by atoms with van der Waals surface area (Å²) in [5.74, 6) is 0.552. The van der Waals surface area contributed by atoms with Crippen molar-refractivity contribution in [3.05, 3.63) is 65.7 Å². The van der Waals surface area contributed by atoms with Gasteiger partial charge >= 0.3 is 0 Å². The van der Waals surface area contributed by atoms with Gasteiger partial charge in [0.05, 0.1) is 7.05 Å². The molecule has 0 spiro atoms. The first kappa shape index (κ1) is 17.2. The van der Waals surface area contributed by atoms with E-state index in [0.29, 0.717) is 5.92 Å². The molecule has 2 atom stereocenters. The third-order valence-corrected chi connectivity index (χ3v) is 4.30. The van der Waals surface area contributed by atoms with E-state index in [2.05, 4.69) is 50.5 Å². The van der Waals surface area contributed by atoms with Crippen LogP contribution in [0.5, 0.6) is 0 Å². The Hall–Kier alpha value is -2.13. The number of amides is 1. The Kier molecular flexibility index (Phi) is 5.94. The molecule has 2 aromatic rings. The summed E-state index contributed by atoms with van der Waals surface area (Å²) >= 11 is 0. The van der Waals surface area contributed by atoms with Crippen LogP contribution in [0.25, 0.3) is 0 Å². The van der Waals surface area contributed by atoms with Gasteiger partial charge in [-0.15, -0.1) is 0 Å². The molecule has 1 unspecified atom stereocenters. The smallest absolute Gasteiger partial charge is 0.282 e. The van der Waals surface area contributed by atoms with Crippen LogP contribution in [-0.2, 0) is 11.3 Å². The van der Waals surface area contributed by atoms with Crippen LogP contribution in [-0.4, -0.2) is 19.0 Å². The van der Waals surface area contributed by atoms with Crippen LogP contribution >= 0.6 is 0 Å². The lowest BCUT2D eigenvalue weighted by atomic mass is 10.0. The second-order valence-corrected chi connectivity index (χ2v) is 6.50. The number of hydrogen-bond donors (Lipinski definition) is 2. The Morgan fingerprint density at radius 3 is 2.17 bits per heavy atom. The minimum atomic E-state index is -0.111. The van der Waals surface area contributed by atoms with Crippen LogP contribution in [0.3, 0.4) is 0 Å². The molecule has 2 rings (SSSR count). The van der Waals surface area contributed by atoms with E-state index in [4.69, 9.17) is 0 Å². The molecule has 0 aromatic heterocycles. The fourth-order valence-corrected chi connectivity index (χ4v) is 2.50. The summed E-state index contributed by atoms with van der Waals surface area (Å²) in [5, 5.41) is 3.01. The molecular formula is C20H27N2O+. The second kappa shape index (κ2) is 7.93. The lowest BCUT2D eigenvalue weighted by Crippen LogP contribution is -3.12. The van der Waals surface area contributed by atoms with Crippen molar-refractivity contribution in [2.24, 2.45) is 0 Å². The molecule has 2 aromatic carbocycles. The number of hydrogen-bond acceptors (Lipinski definition) is 1. The summed E-state index contributed by atoms with van der Waals surface area (Å²) in [6.07, 6.45) is 0. The summed E-state index contributed by atoms with van der Waals surface area (Å²) < 4.78 is 0. The molecule has 0 fully saturated rings. The van der Waals surface area contributed by atoms with Crippen molar-refractivity contribution >= 4 is 11.6 Å². The van der Waals surface area contributed by atoms with E-state index in [-0.39, 0.29) is 11.9 Å². The maximum atomic E-state index is 12.4. The minimum Gasteiger partial charge on any atom is -0.324 e. The van der Waals surface area contributed by atoms with Crippen molar-refractivity contribution in [3.63, 3.8) is 0 Å². The highest BCUT2D eigenvalue weighted by Crippen LogP contribution is 2.17. The Morgan fingerprint density at radius 1 is 1.00 bits per heavy atom. The molecule has 0 radical (unpaired) electrons. The number of likely N-dealkylation sites (N-methyl/N-ethyl adjacent to an activating group) is 1. The third-order valence-electron chi connectivity index (χ3n) is 4.30. The molecule has 0 aliphatic rings. The van der Waals surface area contributed by atoms with Gasteiger partial charge in [-0.2, -0.15) is 0 Å². The molecule has 0 heterocycles. The summed E-state index contributed by atoms with van der Waals surface area (Å²) in [6.45, 7) is 7.13. The summed E-state index contributed by atoms with van der Waals surface area (Å²) in [4.78, 5) is 13.6. The molecule has 0 saturated carbocycles. The van der Waals surface area contributed by atoms with Gasteiger partial charge in [0.25, 0.3) is 5.91 Å². The number of benzene rings is 2. The van der Waals surface area contributed by atoms with Crippen molar-refractivity contribution in [1.82, 2.24) is 0 Å². The summed E-state index contributed by atoms with van der Waals surface area (Å²) in [7, 11) is 2.05. The average molecular weight is 311 g/mol. The zero-order valence-electron chi connectivity index (χ0n) is 14.5. The minimum absolute atomic E-state index is 0.0516. The number of quaternary nitrogens is 1. The first-order chi connectivity index (χ1) is 11.0. The van der Waals surface area contributed by atoms with Gasteiger partial charge in [-0.25, -0.2) is 0 Å². The molecule has 0 saturated heterocycles. The number of anilines is 1. The molecule has 1 amide bonds. The van der Waals surface area contributed by atoms with Crippen LogP contribution in [0.2, 0.25) is 0 Å². The Morgan fingerprint density at radius 2 is 1.61 bits per heavy atom. The predicted octanol–water partition coefficient (Wildman–Crippen LogP) is 2.85. The van der Waals surface area contributed by atoms with Crippen molar-refractivity contribution < 1.29 is 9.69 Å². The Bertz CT molecular complexity index is 620. The maximum absolute atomic E-state index is 12.4. The molecule has 0 aliphatic carbocycles. The van der Waals surface area contributed by atoms with Crippen LogP contribution in [0.15, 0.2) is 54.6 Å². The molecule has 3 nitrogen and oxygen atoms in total. The monoisotopic (exact) mass is 311 g/mol. The van der Waals surface area contributed by atoms with Crippen LogP contribution in [0.1, 0.15) is 37.8 Å². The van der Waals surface area contributed by atoms with Gasteiger partial charge in [-0.1, -0.05) is 56.3 Å². The SMILES string of the molecule is CC(C)c1ccc(NC(=O)[C@H](C)[NH+](C)Cc2ccccc2)cc1. The molecule has 23 heavy (non-hydrogen) atoms. The molecule has 0 bridgehead atoms. The van der Waals surface area contributed by atoms with Crippen LogP contribution in [0, 0.1) is 0 Å². The third kappa shape index (κ3) is 4.93. The summed E-state index contributed by atoms with van der Waals surface area (Å²) in [5.41, 5.74) is 3.38. The molecule has 0 aliphatic heterocycles. The lowest BCUT2D eigenvalue weighted by Gasteiger charge is -2.21. The Balaban J connectivity index is 1.93. The number of nitrogens with one attached hydrogen (secondary N) is 2. The first-order valence-corrected chi connectivity index (χ1v) is 8.24. The van der Waals surface area contributed by atoms with Gasteiger partial charge in [0.2, 0.25) is 0 Å². The highest BCUT2D eigenvalue weighted by molar-refractivity contribution is 5.93. The van der Waals surface area contributed by atoms with E-state index >= 15 is 0 Å². The fourth-order valence-electron chi connectivity index (χ4n) is 2.50. The zero-order valence-corrected chi connectivity index (χ0v) is 14.5. The van der Waals surface area contributed by atoms with E-state index in [1.165, 1.54) is 16.0 Å². The van der Waals surface area contributed by atoms with Crippen molar-refractivity contribution in [1.29, 1.82) is 0 Å².